The summed E-state index contributed by atoms with van der Waals surface area (Å²) >= 11 is 4.74. The minimum Gasteiger partial charge on any atom is -0.375 e. The summed E-state index contributed by atoms with van der Waals surface area (Å²) in [6.07, 6.45) is 2.81. The van der Waals surface area contributed by atoms with E-state index in [4.69, 9.17) is 18.0 Å². The van der Waals surface area contributed by atoms with Gasteiger partial charge in [-0.25, -0.2) is 10.1 Å². The van der Waals surface area contributed by atoms with Crippen LogP contribution in [0.1, 0.15) is 6.42 Å². The fourth-order valence-electron chi connectivity index (χ4n) is 0.724. The van der Waals surface area contributed by atoms with Crippen molar-refractivity contribution in [2.24, 2.45) is 10.8 Å². The van der Waals surface area contributed by atoms with Crippen LogP contribution in [0.5, 0.6) is 0 Å². The number of hydrogen-bond donors (Lipinski definition) is 1. The highest BCUT2D eigenvalue weighted by Crippen LogP contribution is 2.01. The van der Waals surface area contributed by atoms with Crippen LogP contribution in [-0.2, 0) is 0 Å². The van der Waals surface area contributed by atoms with E-state index in [2.05, 4.69) is 5.10 Å². The van der Waals surface area contributed by atoms with Gasteiger partial charge in [-0.3, -0.25) is 0 Å². The molecule has 2 N–H and O–H groups in total. The lowest BCUT2D eigenvalue weighted by molar-refractivity contribution is 0.0912. The molecule has 0 saturated heterocycles. The van der Waals surface area contributed by atoms with Crippen molar-refractivity contribution in [3.63, 3.8) is 0 Å². The molecule has 0 fully saturated rings. The molecule has 1 aliphatic rings. The van der Waals surface area contributed by atoms with Gasteiger partial charge in [0.2, 0.25) is 0 Å². The third-order valence-electron chi connectivity index (χ3n) is 1.34. The van der Waals surface area contributed by atoms with Crippen LogP contribution in [0.4, 0.5) is 0 Å². The number of nitrogens with two attached hydrogens (primary N) is 1. The van der Waals surface area contributed by atoms with Gasteiger partial charge in [0, 0.05) is 19.7 Å². The largest absolute Gasteiger partial charge is 0.375 e. The van der Waals surface area contributed by atoms with Crippen molar-refractivity contribution >= 4 is 23.5 Å². The minimum atomic E-state index is 0.346. The summed E-state index contributed by atoms with van der Waals surface area (Å²) in [4.78, 5) is 0. The molecule has 0 aromatic carbocycles. The second kappa shape index (κ2) is 2.83. The van der Waals surface area contributed by atoms with Gasteiger partial charge in [0.15, 0.2) is 5.11 Å². The van der Waals surface area contributed by atoms with Gasteiger partial charge in [-0.05, 0) is 12.2 Å². The van der Waals surface area contributed by atoms with Crippen LogP contribution in [-0.4, -0.2) is 35.0 Å². The first kappa shape index (κ1) is 7.27. The lowest BCUT2D eigenvalue weighted by atomic mass is 10.5. The molecule has 0 spiro atoms. The van der Waals surface area contributed by atoms with Crippen LogP contribution >= 0.6 is 12.2 Å². The summed E-state index contributed by atoms with van der Waals surface area (Å²) in [7, 11) is 1.80. The molecule has 1 aliphatic heterocycles. The molecule has 0 aliphatic carbocycles. The summed E-state index contributed by atoms with van der Waals surface area (Å²) in [5.41, 5.74) is 5.36. The smallest absolute Gasteiger partial charge is 0.186 e. The van der Waals surface area contributed by atoms with E-state index in [1.165, 1.54) is 0 Å². The van der Waals surface area contributed by atoms with Crippen molar-refractivity contribution in [3.05, 3.63) is 0 Å². The number of thiocarbonyl (C=S) groups is 1. The fraction of sp³-hybridized carbons (Fsp3) is 0.600. The summed E-state index contributed by atoms with van der Waals surface area (Å²) < 4.78 is 0. The van der Waals surface area contributed by atoms with Crippen LogP contribution in [0.25, 0.3) is 0 Å². The number of hydrogen-bond acceptors (Lipinski definition) is 3. The Bertz CT molecular complexity index is 167. The maximum absolute atomic E-state index is 5.36. The van der Waals surface area contributed by atoms with Crippen molar-refractivity contribution in [1.29, 1.82) is 0 Å². The summed E-state index contributed by atoms with van der Waals surface area (Å²) in [5, 5.41) is 7.76. The maximum atomic E-state index is 5.36. The molecule has 56 valence electrons. The van der Waals surface area contributed by atoms with E-state index in [1.54, 1.807) is 17.2 Å². The molecular weight excluding hydrogens is 148 g/mol. The van der Waals surface area contributed by atoms with E-state index in [9.17, 15) is 0 Å². The van der Waals surface area contributed by atoms with Crippen LogP contribution in [0, 0.1) is 0 Å². The summed E-state index contributed by atoms with van der Waals surface area (Å²) in [6.45, 7) is 0.869. The topological polar surface area (TPSA) is 44.9 Å². The van der Waals surface area contributed by atoms with E-state index in [-0.39, 0.29) is 0 Å². The number of nitrogens with zero attached hydrogens (tertiary/aromatic N) is 3. The monoisotopic (exact) mass is 158 g/mol. The zero-order valence-electron chi connectivity index (χ0n) is 5.82. The summed E-state index contributed by atoms with van der Waals surface area (Å²) in [5.74, 6) is 0. The van der Waals surface area contributed by atoms with Gasteiger partial charge in [-0.15, -0.1) is 0 Å². The highest BCUT2D eigenvalue weighted by Gasteiger charge is 2.11. The first-order valence-electron chi connectivity index (χ1n) is 3.05. The third-order valence-corrected chi connectivity index (χ3v) is 1.60. The molecule has 0 bridgehead atoms. The molecule has 0 radical (unpaired) electrons. The van der Waals surface area contributed by atoms with E-state index < -0.39 is 0 Å². The van der Waals surface area contributed by atoms with Crippen molar-refractivity contribution in [1.82, 2.24) is 10.1 Å². The Morgan fingerprint density at radius 2 is 2.60 bits per heavy atom. The van der Waals surface area contributed by atoms with Gasteiger partial charge >= 0.3 is 0 Å². The molecule has 0 aromatic heterocycles. The normalized spacial score (nSPS) is 15.9. The first-order chi connectivity index (χ1) is 4.72. The van der Waals surface area contributed by atoms with Crippen molar-refractivity contribution in [3.8, 4) is 0 Å². The molecule has 0 atom stereocenters. The molecule has 5 heteroatoms. The molecule has 1 heterocycles. The summed E-state index contributed by atoms with van der Waals surface area (Å²) in [6, 6.07) is 0. The van der Waals surface area contributed by atoms with Gasteiger partial charge < -0.3 is 5.73 Å². The van der Waals surface area contributed by atoms with Gasteiger partial charge in [0.05, 0.1) is 6.54 Å². The second-order valence-electron chi connectivity index (χ2n) is 2.04. The van der Waals surface area contributed by atoms with Gasteiger partial charge in [0.25, 0.3) is 0 Å². The molecular formula is C5H10N4S. The molecule has 1 rings (SSSR count). The highest BCUT2D eigenvalue weighted by molar-refractivity contribution is 7.80. The lowest BCUT2D eigenvalue weighted by Crippen LogP contribution is -2.42. The van der Waals surface area contributed by atoms with Crippen LogP contribution < -0.4 is 5.73 Å². The number of rotatable bonds is 1. The van der Waals surface area contributed by atoms with Crippen LogP contribution in [0.15, 0.2) is 5.10 Å². The third kappa shape index (κ3) is 1.36. The Morgan fingerprint density at radius 3 is 3.00 bits per heavy atom. The molecule has 4 nitrogen and oxygen atoms in total. The zero-order valence-corrected chi connectivity index (χ0v) is 6.64. The first-order valence-corrected chi connectivity index (χ1v) is 3.45. The quantitative estimate of drug-likeness (QED) is 0.535. The van der Waals surface area contributed by atoms with Gasteiger partial charge in [0.1, 0.15) is 0 Å². The van der Waals surface area contributed by atoms with Crippen molar-refractivity contribution in [2.45, 2.75) is 6.42 Å². The van der Waals surface area contributed by atoms with E-state index in [1.807, 2.05) is 6.21 Å². The van der Waals surface area contributed by atoms with E-state index >= 15 is 0 Å². The number of hydrazine groups is 1. The van der Waals surface area contributed by atoms with E-state index in [0.717, 1.165) is 13.0 Å². The predicted molar refractivity (Wildman–Crippen MR) is 44.4 cm³/mol. The zero-order chi connectivity index (χ0) is 7.56. The maximum Gasteiger partial charge on any atom is 0.186 e. The molecule has 0 unspecified atom stereocenters. The Morgan fingerprint density at radius 1 is 1.90 bits per heavy atom. The average molecular weight is 158 g/mol. The minimum absolute atomic E-state index is 0.346. The van der Waals surface area contributed by atoms with Gasteiger partial charge in [-0.1, -0.05) is 0 Å². The standard InChI is InChI=1S/C5H10N4S/c1-8(5(6)10)9-4-2-3-7-9/h3H,2,4H2,1H3,(H2,6,10). The van der Waals surface area contributed by atoms with Crippen LogP contribution in [0.3, 0.4) is 0 Å². The molecule has 0 aromatic rings. The highest BCUT2D eigenvalue weighted by atomic mass is 32.1. The Hall–Kier alpha value is -0.840. The predicted octanol–water partition coefficient (Wildman–Crippen LogP) is -0.232. The van der Waals surface area contributed by atoms with Crippen LogP contribution in [0.2, 0.25) is 0 Å². The molecule has 0 amide bonds. The Labute approximate surface area is 65.2 Å². The fourth-order valence-corrected chi connectivity index (χ4v) is 0.818. The Kier molecular flexibility index (Phi) is 2.06. The lowest BCUT2D eigenvalue weighted by Gasteiger charge is -2.25. The Balaban J connectivity index is 2.48. The number of hydrazone groups is 1. The van der Waals surface area contributed by atoms with Crippen molar-refractivity contribution in [2.75, 3.05) is 13.6 Å². The van der Waals surface area contributed by atoms with Crippen molar-refractivity contribution < 1.29 is 0 Å². The SMILES string of the molecule is CN(C(N)=S)N1CCC=N1. The molecule has 0 saturated carbocycles. The average Bonchev–Trinajstić information content (AvgIpc) is 2.36. The van der Waals surface area contributed by atoms with E-state index in [0.29, 0.717) is 5.11 Å². The van der Waals surface area contributed by atoms with Gasteiger partial charge in [-0.2, -0.15) is 5.10 Å². The molecule has 10 heavy (non-hydrogen) atoms. The second-order valence-corrected chi connectivity index (χ2v) is 2.46.